The topological polar surface area (TPSA) is 54.7 Å². The summed E-state index contributed by atoms with van der Waals surface area (Å²) in [7, 11) is 0. The summed E-state index contributed by atoms with van der Waals surface area (Å²) in [5.74, 6) is 1.42. The highest BCUT2D eigenvalue weighted by Gasteiger charge is 2.25. The second-order valence-corrected chi connectivity index (χ2v) is 6.80. The van der Waals surface area contributed by atoms with Crippen molar-refractivity contribution in [3.8, 4) is 0 Å². The summed E-state index contributed by atoms with van der Waals surface area (Å²) in [5, 5.41) is 3.25. The Bertz CT molecular complexity index is 750. The van der Waals surface area contributed by atoms with Gasteiger partial charge in [-0.15, -0.1) is 0 Å². The van der Waals surface area contributed by atoms with Crippen LogP contribution in [-0.2, 0) is 17.9 Å². The minimum atomic E-state index is -2.60. The van der Waals surface area contributed by atoms with Crippen LogP contribution >= 0.6 is 0 Å². The zero-order valence-electron chi connectivity index (χ0n) is 16.1. The zero-order valence-corrected chi connectivity index (χ0v) is 16.1. The monoisotopic (exact) mass is 391 g/mol. The van der Waals surface area contributed by atoms with Crippen LogP contribution in [0, 0.1) is 5.92 Å². The Kier molecular flexibility index (Phi) is 7.36. The van der Waals surface area contributed by atoms with Gasteiger partial charge in [-0.25, -0.2) is 9.98 Å². The molecule has 152 valence electrons. The average Bonchev–Trinajstić information content (AvgIpc) is 3.35. The number of aromatic nitrogens is 2. The number of nitrogens with one attached hydrogen (secondary N) is 1. The predicted molar refractivity (Wildman–Crippen MR) is 104 cm³/mol. The molecule has 0 aliphatic carbocycles. The summed E-state index contributed by atoms with van der Waals surface area (Å²) in [6.45, 7) is 3.24. The molecule has 0 saturated carbocycles. The van der Waals surface area contributed by atoms with Gasteiger partial charge in [-0.2, -0.15) is 8.78 Å². The lowest BCUT2D eigenvalue weighted by Crippen LogP contribution is -2.40. The normalized spacial score (nSPS) is 17.5. The van der Waals surface area contributed by atoms with E-state index in [1.165, 1.54) is 18.0 Å². The molecule has 1 atom stereocenters. The first kappa shape index (κ1) is 20.3. The summed E-state index contributed by atoms with van der Waals surface area (Å²) >= 11 is 0. The van der Waals surface area contributed by atoms with Gasteiger partial charge in [-0.3, -0.25) is 4.57 Å². The van der Waals surface area contributed by atoms with Gasteiger partial charge in [-0.1, -0.05) is 30.3 Å². The van der Waals surface area contributed by atoms with Crippen molar-refractivity contribution in [3.05, 3.63) is 54.1 Å². The SMILES string of the molecule is CCNC(=NCc1nccn1C(F)F)N1CCC(COCc2ccccc2)C1. The maximum atomic E-state index is 13.0. The van der Waals surface area contributed by atoms with Crippen molar-refractivity contribution in [2.75, 3.05) is 26.2 Å². The Labute approximate surface area is 164 Å². The van der Waals surface area contributed by atoms with E-state index in [0.29, 0.717) is 25.7 Å². The number of aliphatic imine (C=N–C) groups is 1. The van der Waals surface area contributed by atoms with Gasteiger partial charge in [0.1, 0.15) is 12.4 Å². The molecule has 1 aliphatic rings. The van der Waals surface area contributed by atoms with E-state index in [9.17, 15) is 8.78 Å². The molecule has 1 aliphatic heterocycles. The second kappa shape index (κ2) is 10.2. The van der Waals surface area contributed by atoms with Crippen LogP contribution in [0.4, 0.5) is 8.78 Å². The number of hydrogen-bond donors (Lipinski definition) is 1. The van der Waals surface area contributed by atoms with Crippen LogP contribution in [0.1, 0.15) is 31.3 Å². The van der Waals surface area contributed by atoms with Crippen LogP contribution in [0.5, 0.6) is 0 Å². The quantitative estimate of drug-likeness (QED) is 0.554. The molecular formula is C20H27F2N5O. The maximum absolute atomic E-state index is 13.0. The van der Waals surface area contributed by atoms with E-state index in [-0.39, 0.29) is 12.4 Å². The van der Waals surface area contributed by atoms with Crippen LogP contribution in [0.25, 0.3) is 0 Å². The standard InChI is InChI=1S/C20H27F2N5O/c1-2-23-20(25-12-18-24-9-11-27(18)19(21)22)26-10-8-17(13-26)15-28-14-16-6-4-3-5-7-16/h3-7,9,11,17,19H,2,8,10,12-15H2,1H3,(H,23,25). The lowest BCUT2D eigenvalue weighted by Gasteiger charge is -2.21. The van der Waals surface area contributed by atoms with E-state index >= 15 is 0 Å². The largest absolute Gasteiger partial charge is 0.376 e. The molecule has 8 heteroatoms. The van der Waals surface area contributed by atoms with E-state index in [2.05, 4.69) is 32.3 Å². The Morgan fingerprint density at radius 3 is 2.93 bits per heavy atom. The van der Waals surface area contributed by atoms with Crippen molar-refractivity contribution in [1.29, 1.82) is 0 Å². The number of imidazole rings is 1. The molecule has 1 aromatic carbocycles. The first-order valence-corrected chi connectivity index (χ1v) is 9.62. The molecule has 1 unspecified atom stereocenters. The van der Waals surface area contributed by atoms with Crippen LogP contribution < -0.4 is 5.32 Å². The Hall–Kier alpha value is -2.48. The third kappa shape index (κ3) is 5.51. The number of benzene rings is 1. The Morgan fingerprint density at radius 1 is 1.36 bits per heavy atom. The van der Waals surface area contributed by atoms with Crippen molar-refractivity contribution < 1.29 is 13.5 Å². The molecule has 6 nitrogen and oxygen atoms in total. The van der Waals surface area contributed by atoms with E-state index in [4.69, 9.17) is 4.74 Å². The fourth-order valence-corrected chi connectivity index (χ4v) is 3.29. The van der Waals surface area contributed by atoms with Crippen LogP contribution in [0.15, 0.2) is 47.7 Å². The van der Waals surface area contributed by atoms with Gasteiger partial charge in [-0.05, 0) is 18.9 Å². The summed E-state index contributed by atoms with van der Waals surface area (Å²) in [6.07, 6.45) is 3.67. The van der Waals surface area contributed by atoms with Gasteiger partial charge in [0.05, 0.1) is 13.2 Å². The van der Waals surface area contributed by atoms with Gasteiger partial charge in [0.15, 0.2) is 5.96 Å². The summed E-state index contributed by atoms with van der Waals surface area (Å²) in [5.41, 5.74) is 1.17. The molecule has 0 amide bonds. The number of nitrogens with zero attached hydrogens (tertiary/aromatic N) is 4. The highest BCUT2D eigenvalue weighted by atomic mass is 19.3. The van der Waals surface area contributed by atoms with Crippen LogP contribution in [0.2, 0.25) is 0 Å². The van der Waals surface area contributed by atoms with Gasteiger partial charge in [0.25, 0.3) is 0 Å². The lowest BCUT2D eigenvalue weighted by atomic mass is 10.1. The van der Waals surface area contributed by atoms with Gasteiger partial charge in [0, 0.05) is 37.9 Å². The Balaban J connectivity index is 1.52. The van der Waals surface area contributed by atoms with Crippen molar-refractivity contribution in [2.24, 2.45) is 10.9 Å². The molecule has 1 fully saturated rings. The molecule has 1 saturated heterocycles. The molecule has 28 heavy (non-hydrogen) atoms. The Morgan fingerprint density at radius 2 is 2.18 bits per heavy atom. The number of halogens is 2. The molecule has 0 radical (unpaired) electrons. The minimum absolute atomic E-state index is 0.116. The third-order valence-corrected chi connectivity index (χ3v) is 4.71. The number of likely N-dealkylation sites (tertiary alicyclic amines) is 1. The van der Waals surface area contributed by atoms with Gasteiger partial charge in [0.2, 0.25) is 0 Å². The molecule has 3 rings (SSSR count). The van der Waals surface area contributed by atoms with Crippen LogP contribution in [-0.4, -0.2) is 46.7 Å². The van der Waals surface area contributed by atoms with Crippen LogP contribution in [0.3, 0.4) is 0 Å². The number of ether oxygens (including phenoxy) is 1. The fourth-order valence-electron chi connectivity index (χ4n) is 3.29. The van der Waals surface area contributed by atoms with Crippen molar-refractivity contribution >= 4 is 5.96 Å². The van der Waals surface area contributed by atoms with Gasteiger partial charge < -0.3 is 15.0 Å². The molecule has 0 spiro atoms. The molecule has 2 aromatic rings. The number of guanidine groups is 1. The zero-order chi connectivity index (χ0) is 19.8. The minimum Gasteiger partial charge on any atom is -0.376 e. The van der Waals surface area contributed by atoms with E-state index in [1.54, 1.807) is 0 Å². The molecule has 1 aromatic heterocycles. The molecule has 0 bridgehead atoms. The third-order valence-electron chi connectivity index (χ3n) is 4.71. The summed E-state index contributed by atoms with van der Waals surface area (Å²) < 4.78 is 32.6. The number of alkyl halides is 2. The summed E-state index contributed by atoms with van der Waals surface area (Å²) in [4.78, 5) is 10.7. The predicted octanol–water partition coefficient (Wildman–Crippen LogP) is 3.28. The highest BCUT2D eigenvalue weighted by Crippen LogP contribution is 2.18. The van der Waals surface area contributed by atoms with Gasteiger partial charge >= 0.3 is 6.55 Å². The lowest BCUT2D eigenvalue weighted by molar-refractivity contribution is 0.0671. The van der Waals surface area contributed by atoms with Crippen molar-refractivity contribution in [3.63, 3.8) is 0 Å². The highest BCUT2D eigenvalue weighted by molar-refractivity contribution is 5.80. The van der Waals surface area contributed by atoms with E-state index < -0.39 is 6.55 Å². The smallest absolute Gasteiger partial charge is 0.319 e. The molecule has 2 heterocycles. The second-order valence-electron chi connectivity index (χ2n) is 6.80. The molecule has 1 N–H and O–H groups in total. The average molecular weight is 391 g/mol. The van der Waals surface area contributed by atoms with Crippen molar-refractivity contribution in [2.45, 2.75) is 33.0 Å². The molecular weight excluding hydrogens is 364 g/mol. The first-order chi connectivity index (χ1) is 13.7. The number of hydrogen-bond acceptors (Lipinski definition) is 3. The van der Waals surface area contributed by atoms with Crippen molar-refractivity contribution in [1.82, 2.24) is 19.8 Å². The van der Waals surface area contributed by atoms with E-state index in [1.807, 2.05) is 25.1 Å². The number of rotatable bonds is 8. The first-order valence-electron chi connectivity index (χ1n) is 9.62. The summed E-state index contributed by atoms with van der Waals surface area (Å²) in [6, 6.07) is 10.1. The van der Waals surface area contributed by atoms with E-state index in [0.717, 1.165) is 30.0 Å². The fraction of sp³-hybridized carbons (Fsp3) is 0.500. The maximum Gasteiger partial charge on any atom is 0.319 e.